The Hall–Kier alpha value is -2.35. The van der Waals surface area contributed by atoms with Crippen molar-refractivity contribution in [2.45, 2.75) is 32.5 Å². The lowest BCUT2D eigenvalue weighted by atomic mass is 10.0. The van der Waals surface area contributed by atoms with Crippen LogP contribution in [-0.2, 0) is 6.54 Å². The van der Waals surface area contributed by atoms with Crippen LogP contribution in [0.25, 0.3) is 0 Å². The fraction of sp³-hybridized carbons (Fsp3) is 0.409. The van der Waals surface area contributed by atoms with Gasteiger partial charge in [0, 0.05) is 32.7 Å². The maximum atomic E-state index is 13.5. The van der Waals surface area contributed by atoms with Crippen LogP contribution in [0.4, 0.5) is 4.39 Å². The Morgan fingerprint density at radius 2 is 1.60 bits per heavy atom. The monoisotopic (exact) mass is 430 g/mol. The maximum Gasteiger partial charge on any atom is 0.173 e. The summed E-state index contributed by atoms with van der Waals surface area (Å²) in [5, 5.41) is 12.5. The number of piperazine rings is 1. The summed E-state index contributed by atoms with van der Waals surface area (Å²) in [7, 11) is 0. The van der Waals surface area contributed by atoms with E-state index in [0.29, 0.717) is 0 Å². The third-order valence-corrected chi connectivity index (χ3v) is 5.46. The third-order valence-electron chi connectivity index (χ3n) is 5.46. The molecule has 1 fully saturated rings. The van der Waals surface area contributed by atoms with Gasteiger partial charge in [0.15, 0.2) is 5.82 Å². The van der Waals surface area contributed by atoms with Crippen molar-refractivity contribution in [3.8, 4) is 0 Å². The van der Waals surface area contributed by atoms with Gasteiger partial charge in [0.2, 0.25) is 0 Å². The second-order valence-corrected chi connectivity index (χ2v) is 7.83. The molecule has 2 heterocycles. The first kappa shape index (κ1) is 22.3. The number of hydrogen-bond acceptors (Lipinski definition) is 5. The van der Waals surface area contributed by atoms with Crippen molar-refractivity contribution in [2.24, 2.45) is 0 Å². The first-order valence-corrected chi connectivity index (χ1v) is 10.2. The van der Waals surface area contributed by atoms with Crippen LogP contribution < -0.4 is 0 Å². The molecule has 8 heteroatoms. The van der Waals surface area contributed by atoms with E-state index in [1.807, 2.05) is 22.9 Å². The Labute approximate surface area is 183 Å². The van der Waals surface area contributed by atoms with E-state index in [9.17, 15) is 4.39 Å². The van der Waals surface area contributed by atoms with Crippen LogP contribution in [0.1, 0.15) is 42.9 Å². The summed E-state index contributed by atoms with van der Waals surface area (Å²) in [4.78, 5) is 4.87. The standard InChI is InChI=1S/C22H27FN6.ClH/c1-17(2)29-22(24-25-26-29)21(19-8-10-20(23)11-9-19)28-14-12-27(13-15-28)16-18-6-4-3-5-7-18;/h3-11,17,21H,12-16H2,1-2H3;1H. The molecule has 160 valence electrons. The van der Waals surface area contributed by atoms with Gasteiger partial charge in [-0.25, -0.2) is 9.07 Å². The number of aromatic nitrogens is 4. The highest BCUT2D eigenvalue weighted by atomic mass is 35.5. The van der Waals surface area contributed by atoms with Crippen molar-refractivity contribution < 1.29 is 4.39 Å². The zero-order valence-corrected chi connectivity index (χ0v) is 18.2. The summed E-state index contributed by atoms with van der Waals surface area (Å²) >= 11 is 0. The molecule has 0 N–H and O–H groups in total. The lowest BCUT2D eigenvalue weighted by Crippen LogP contribution is -2.48. The molecule has 0 saturated carbocycles. The van der Waals surface area contributed by atoms with Crippen molar-refractivity contribution >= 4 is 12.4 Å². The number of rotatable bonds is 6. The predicted molar refractivity (Wildman–Crippen MR) is 117 cm³/mol. The van der Waals surface area contributed by atoms with E-state index in [1.54, 1.807) is 0 Å². The number of benzene rings is 2. The predicted octanol–water partition coefficient (Wildman–Crippen LogP) is 3.72. The first-order chi connectivity index (χ1) is 14.1. The molecule has 0 aliphatic carbocycles. The second kappa shape index (κ2) is 10.1. The Balaban J connectivity index is 0.00000256. The average molecular weight is 431 g/mol. The van der Waals surface area contributed by atoms with Gasteiger partial charge < -0.3 is 0 Å². The molecule has 1 aliphatic heterocycles. The third kappa shape index (κ3) is 5.03. The molecule has 30 heavy (non-hydrogen) atoms. The maximum absolute atomic E-state index is 13.5. The lowest BCUT2D eigenvalue weighted by Gasteiger charge is -2.39. The van der Waals surface area contributed by atoms with E-state index in [-0.39, 0.29) is 30.3 Å². The largest absolute Gasteiger partial charge is 0.297 e. The van der Waals surface area contributed by atoms with Gasteiger partial charge in [-0.15, -0.1) is 17.5 Å². The van der Waals surface area contributed by atoms with Crippen LogP contribution in [0.15, 0.2) is 54.6 Å². The van der Waals surface area contributed by atoms with Gasteiger partial charge in [-0.1, -0.05) is 42.5 Å². The molecule has 0 radical (unpaired) electrons. The van der Waals surface area contributed by atoms with Crippen LogP contribution in [0.2, 0.25) is 0 Å². The van der Waals surface area contributed by atoms with E-state index in [0.717, 1.165) is 44.1 Å². The van der Waals surface area contributed by atoms with Crippen LogP contribution in [0.5, 0.6) is 0 Å². The Bertz CT molecular complexity index is 907. The molecule has 2 aromatic carbocycles. The molecule has 1 unspecified atom stereocenters. The molecular weight excluding hydrogens is 403 g/mol. The Morgan fingerprint density at radius 3 is 2.23 bits per heavy atom. The minimum Gasteiger partial charge on any atom is -0.297 e. The summed E-state index contributed by atoms with van der Waals surface area (Å²) in [5.74, 6) is 0.576. The molecule has 6 nitrogen and oxygen atoms in total. The Morgan fingerprint density at radius 1 is 0.933 bits per heavy atom. The molecule has 0 amide bonds. The quantitative estimate of drug-likeness (QED) is 0.596. The van der Waals surface area contributed by atoms with Gasteiger partial charge in [-0.05, 0) is 47.5 Å². The van der Waals surface area contributed by atoms with Gasteiger partial charge >= 0.3 is 0 Å². The van der Waals surface area contributed by atoms with Crippen molar-refractivity contribution in [1.29, 1.82) is 0 Å². The van der Waals surface area contributed by atoms with Crippen molar-refractivity contribution in [3.63, 3.8) is 0 Å². The van der Waals surface area contributed by atoms with Gasteiger partial charge in [0.25, 0.3) is 0 Å². The minimum absolute atomic E-state index is 0. The molecule has 1 atom stereocenters. The second-order valence-electron chi connectivity index (χ2n) is 7.83. The fourth-order valence-electron chi connectivity index (χ4n) is 3.94. The first-order valence-electron chi connectivity index (χ1n) is 10.2. The van der Waals surface area contributed by atoms with Crippen molar-refractivity contribution in [3.05, 3.63) is 77.4 Å². The van der Waals surface area contributed by atoms with Gasteiger partial charge in [-0.3, -0.25) is 9.80 Å². The summed E-state index contributed by atoms with van der Waals surface area (Å²) in [6.45, 7) is 8.84. The van der Waals surface area contributed by atoms with Crippen LogP contribution >= 0.6 is 12.4 Å². The molecule has 4 rings (SSSR count). The SMILES string of the molecule is CC(C)n1nnnc1C(c1ccc(F)cc1)N1CCN(Cc2ccccc2)CC1.Cl. The molecule has 1 aromatic heterocycles. The molecule has 0 bridgehead atoms. The summed E-state index contributed by atoms with van der Waals surface area (Å²) < 4.78 is 15.4. The van der Waals surface area contributed by atoms with Gasteiger partial charge in [0.1, 0.15) is 5.82 Å². The van der Waals surface area contributed by atoms with E-state index in [4.69, 9.17) is 0 Å². The van der Waals surface area contributed by atoms with E-state index < -0.39 is 0 Å². The normalized spacial score (nSPS) is 16.4. The van der Waals surface area contributed by atoms with E-state index >= 15 is 0 Å². The summed E-state index contributed by atoms with van der Waals surface area (Å²) in [6.07, 6.45) is 0. The summed E-state index contributed by atoms with van der Waals surface area (Å²) in [5.41, 5.74) is 2.35. The van der Waals surface area contributed by atoms with Crippen LogP contribution in [-0.4, -0.2) is 56.2 Å². The fourth-order valence-corrected chi connectivity index (χ4v) is 3.94. The smallest absolute Gasteiger partial charge is 0.173 e. The minimum atomic E-state index is -0.233. The van der Waals surface area contributed by atoms with Gasteiger partial charge in [0.05, 0.1) is 12.1 Å². The number of hydrogen-bond donors (Lipinski definition) is 0. The zero-order valence-electron chi connectivity index (χ0n) is 17.4. The van der Waals surface area contributed by atoms with Crippen molar-refractivity contribution in [1.82, 2.24) is 30.0 Å². The number of halogens is 2. The lowest BCUT2D eigenvalue weighted by molar-refractivity contribution is 0.0996. The molecule has 3 aromatic rings. The number of tetrazole rings is 1. The Kier molecular flexibility index (Phi) is 7.53. The molecule has 1 saturated heterocycles. The van der Waals surface area contributed by atoms with Crippen molar-refractivity contribution in [2.75, 3.05) is 26.2 Å². The highest BCUT2D eigenvalue weighted by Crippen LogP contribution is 2.29. The average Bonchev–Trinajstić information content (AvgIpc) is 3.21. The van der Waals surface area contributed by atoms with Crippen LogP contribution in [0.3, 0.4) is 0 Å². The van der Waals surface area contributed by atoms with Crippen LogP contribution in [0, 0.1) is 5.82 Å². The summed E-state index contributed by atoms with van der Waals surface area (Å²) in [6, 6.07) is 17.3. The van der Waals surface area contributed by atoms with E-state index in [1.165, 1.54) is 17.7 Å². The molecule has 1 aliphatic rings. The highest BCUT2D eigenvalue weighted by molar-refractivity contribution is 5.85. The van der Waals surface area contributed by atoms with Gasteiger partial charge in [-0.2, -0.15) is 0 Å². The molecule has 0 spiro atoms. The van der Waals surface area contributed by atoms with E-state index in [2.05, 4.69) is 63.4 Å². The topological polar surface area (TPSA) is 50.1 Å². The molecular formula is C22H28ClFN6. The number of nitrogens with zero attached hydrogens (tertiary/aromatic N) is 6. The zero-order chi connectivity index (χ0) is 20.2. The highest BCUT2D eigenvalue weighted by Gasteiger charge is 2.31.